The summed E-state index contributed by atoms with van der Waals surface area (Å²) in [6.45, 7) is 3.64. The van der Waals surface area contributed by atoms with Crippen molar-refractivity contribution >= 4 is 11.7 Å². The summed E-state index contributed by atoms with van der Waals surface area (Å²) in [6, 6.07) is 5.07. The number of halogens is 2. The molecule has 0 aliphatic heterocycles. The normalized spacial score (nSPS) is 11.0. The van der Waals surface area contributed by atoms with Crippen LogP contribution in [0.5, 0.6) is 0 Å². The molecular weight excluding hydrogens is 316 g/mol. The fraction of sp³-hybridized carbons (Fsp3) is 0.250. The maximum Gasteiger partial charge on any atom is 0.293 e. The van der Waals surface area contributed by atoms with Gasteiger partial charge in [0.05, 0.1) is 0 Å². The van der Waals surface area contributed by atoms with Gasteiger partial charge in [-0.1, -0.05) is 6.07 Å². The SMILES string of the molecule is Cc1cc(C)n2nc(C(=O)N(C)Cc3ccc(F)cc3F)nc2n1. The summed E-state index contributed by atoms with van der Waals surface area (Å²) >= 11 is 0. The zero-order valence-corrected chi connectivity index (χ0v) is 13.4. The Kier molecular flexibility index (Phi) is 3.96. The monoisotopic (exact) mass is 331 g/mol. The molecule has 3 aromatic rings. The van der Waals surface area contributed by atoms with Crippen LogP contribution in [0.4, 0.5) is 8.78 Å². The zero-order valence-electron chi connectivity index (χ0n) is 13.4. The topological polar surface area (TPSA) is 63.4 Å². The lowest BCUT2D eigenvalue weighted by molar-refractivity contribution is 0.0772. The number of fused-ring (bicyclic) bond motifs is 1. The quantitative estimate of drug-likeness (QED) is 0.739. The highest BCUT2D eigenvalue weighted by Crippen LogP contribution is 2.13. The lowest BCUT2D eigenvalue weighted by atomic mass is 10.2. The summed E-state index contributed by atoms with van der Waals surface area (Å²) in [5, 5.41) is 4.15. The average molecular weight is 331 g/mol. The van der Waals surface area contributed by atoms with E-state index in [4.69, 9.17) is 0 Å². The molecule has 3 rings (SSSR count). The number of carbonyl (C=O) groups excluding carboxylic acids is 1. The van der Waals surface area contributed by atoms with Crippen molar-refractivity contribution < 1.29 is 13.6 Å². The molecule has 0 N–H and O–H groups in total. The van der Waals surface area contributed by atoms with Gasteiger partial charge in [-0.25, -0.2) is 18.3 Å². The van der Waals surface area contributed by atoms with Gasteiger partial charge >= 0.3 is 0 Å². The molecule has 0 aliphatic carbocycles. The molecule has 0 spiro atoms. The van der Waals surface area contributed by atoms with E-state index in [0.29, 0.717) is 5.78 Å². The number of hydrogen-bond donors (Lipinski definition) is 0. The van der Waals surface area contributed by atoms with Gasteiger partial charge in [0, 0.05) is 36.6 Å². The molecule has 0 saturated carbocycles. The van der Waals surface area contributed by atoms with E-state index in [0.717, 1.165) is 23.5 Å². The summed E-state index contributed by atoms with van der Waals surface area (Å²) in [4.78, 5) is 22.1. The minimum absolute atomic E-state index is 0.0219. The molecule has 0 saturated heterocycles. The first-order valence-electron chi connectivity index (χ1n) is 7.25. The standard InChI is InChI=1S/C16H15F2N5O/c1-9-6-10(2)23-16(19-9)20-14(21-23)15(24)22(3)8-11-4-5-12(17)7-13(11)18/h4-7H,8H2,1-3H3. The van der Waals surface area contributed by atoms with Gasteiger partial charge in [0.2, 0.25) is 5.82 Å². The van der Waals surface area contributed by atoms with E-state index in [9.17, 15) is 13.6 Å². The van der Waals surface area contributed by atoms with Crippen LogP contribution in [0.15, 0.2) is 24.3 Å². The highest BCUT2D eigenvalue weighted by atomic mass is 19.1. The van der Waals surface area contributed by atoms with Gasteiger partial charge in [0.1, 0.15) is 11.6 Å². The minimum atomic E-state index is -0.703. The largest absolute Gasteiger partial charge is 0.334 e. The number of rotatable bonds is 3. The molecule has 2 aromatic heterocycles. The van der Waals surface area contributed by atoms with E-state index in [1.807, 2.05) is 19.9 Å². The zero-order chi connectivity index (χ0) is 17.4. The van der Waals surface area contributed by atoms with E-state index in [1.54, 1.807) is 0 Å². The molecule has 0 bridgehead atoms. The van der Waals surface area contributed by atoms with Crippen LogP contribution >= 0.6 is 0 Å². The smallest absolute Gasteiger partial charge is 0.293 e. The first kappa shape index (κ1) is 16.0. The van der Waals surface area contributed by atoms with E-state index in [-0.39, 0.29) is 17.9 Å². The molecule has 6 nitrogen and oxygen atoms in total. The Balaban J connectivity index is 1.86. The van der Waals surface area contributed by atoms with Gasteiger partial charge in [-0.2, -0.15) is 4.98 Å². The summed E-state index contributed by atoms with van der Waals surface area (Å²) < 4.78 is 28.1. The second-order valence-electron chi connectivity index (χ2n) is 5.58. The molecule has 0 radical (unpaired) electrons. The van der Waals surface area contributed by atoms with Crippen LogP contribution < -0.4 is 0 Å². The van der Waals surface area contributed by atoms with Crippen LogP contribution in [-0.4, -0.2) is 37.4 Å². The third-order valence-corrected chi connectivity index (χ3v) is 3.58. The maximum atomic E-state index is 13.7. The van der Waals surface area contributed by atoms with Gasteiger partial charge in [-0.05, 0) is 26.0 Å². The number of aryl methyl sites for hydroxylation is 2. The van der Waals surface area contributed by atoms with Gasteiger partial charge in [0.25, 0.3) is 11.7 Å². The third-order valence-electron chi connectivity index (χ3n) is 3.58. The van der Waals surface area contributed by atoms with Crippen LogP contribution in [0, 0.1) is 25.5 Å². The van der Waals surface area contributed by atoms with Crippen LogP contribution in [0.3, 0.4) is 0 Å². The number of hydrogen-bond acceptors (Lipinski definition) is 4. The summed E-state index contributed by atoms with van der Waals surface area (Å²) in [5.41, 5.74) is 1.78. The Labute approximate surface area is 136 Å². The Hall–Kier alpha value is -2.90. The van der Waals surface area contributed by atoms with Crippen molar-refractivity contribution in [1.29, 1.82) is 0 Å². The van der Waals surface area contributed by atoms with E-state index < -0.39 is 17.5 Å². The van der Waals surface area contributed by atoms with E-state index in [1.165, 1.54) is 22.5 Å². The molecule has 24 heavy (non-hydrogen) atoms. The number of amides is 1. The molecule has 0 aliphatic rings. The van der Waals surface area contributed by atoms with Gasteiger partial charge in [0.15, 0.2) is 0 Å². The molecule has 1 amide bonds. The van der Waals surface area contributed by atoms with Crippen LogP contribution in [0.25, 0.3) is 5.78 Å². The number of aromatic nitrogens is 4. The lowest BCUT2D eigenvalue weighted by Crippen LogP contribution is -2.27. The Bertz CT molecular complexity index is 938. The summed E-state index contributed by atoms with van der Waals surface area (Å²) in [7, 11) is 1.50. The van der Waals surface area contributed by atoms with Crippen molar-refractivity contribution in [2.24, 2.45) is 0 Å². The fourth-order valence-electron chi connectivity index (χ4n) is 2.40. The average Bonchev–Trinajstić information content (AvgIpc) is 2.93. The molecule has 2 heterocycles. The van der Waals surface area contributed by atoms with Crippen LogP contribution in [0.1, 0.15) is 27.6 Å². The second kappa shape index (κ2) is 5.95. The predicted octanol–water partition coefficient (Wildman–Crippen LogP) is 2.29. The highest BCUT2D eigenvalue weighted by Gasteiger charge is 2.20. The molecule has 0 atom stereocenters. The third kappa shape index (κ3) is 2.94. The van der Waals surface area contributed by atoms with Crippen molar-refractivity contribution in [2.75, 3.05) is 7.05 Å². The number of benzene rings is 1. The van der Waals surface area contributed by atoms with Crippen molar-refractivity contribution in [1.82, 2.24) is 24.5 Å². The molecule has 1 aromatic carbocycles. The van der Waals surface area contributed by atoms with Crippen LogP contribution in [0.2, 0.25) is 0 Å². The lowest BCUT2D eigenvalue weighted by Gasteiger charge is -2.15. The Morgan fingerprint density at radius 3 is 2.67 bits per heavy atom. The molecule has 0 fully saturated rings. The molecular formula is C16H15F2N5O. The fourth-order valence-corrected chi connectivity index (χ4v) is 2.40. The van der Waals surface area contributed by atoms with Crippen molar-refractivity contribution in [3.05, 3.63) is 58.7 Å². The first-order chi connectivity index (χ1) is 11.3. The van der Waals surface area contributed by atoms with Gasteiger partial charge < -0.3 is 4.90 Å². The number of nitrogens with zero attached hydrogens (tertiary/aromatic N) is 5. The highest BCUT2D eigenvalue weighted by molar-refractivity contribution is 5.90. The van der Waals surface area contributed by atoms with Crippen molar-refractivity contribution in [3.8, 4) is 0 Å². The Morgan fingerprint density at radius 1 is 1.21 bits per heavy atom. The van der Waals surface area contributed by atoms with Gasteiger partial charge in [-0.15, -0.1) is 5.10 Å². The number of carbonyl (C=O) groups is 1. The molecule has 0 unspecified atom stereocenters. The molecule has 8 heteroatoms. The van der Waals surface area contributed by atoms with Gasteiger partial charge in [-0.3, -0.25) is 4.79 Å². The predicted molar refractivity (Wildman–Crippen MR) is 82.4 cm³/mol. The minimum Gasteiger partial charge on any atom is -0.334 e. The van der Waals surface area contributed by atoms with Crippen molar-refractivity contribution in [3.63, 3.8) is 0 Å². The molecule has 124 valence electrons. The van der Waals surface area contributed by atoms with E-state index >= 15 is 0 Å². The second-order valence-corrected chi connectivity index (χ2v) is 5.58. The first-order valence-corrected chi connectivity index (χ1v) is 7.25. The summed E-state index contributed by atoms with van der Waals surface area (Å²) in [6.07, 6.45) is 0. The summed E-state index contributed by atoms with van der Waals surface area (Å²) in [5.74, 6) is -1.53. The van der Waals surface area contributed by atoms with E-state index in [2.05, 4.69) is 15.1 Å². The Morgan fingerprint density at radius 2 is 1.96 bits per heavy atom. The van der Waals surface area contributed by atoms with Crippen LogP contribution in [-0.2, 0) is 6.54 Å². The van der Waals surface area contributed by atoms with Crippen molar-refractivity contribution in [2.45, 2.75) is 20.4 Å². The maximum absolute atomic E-state index is 13.7.